The average molecular weight is 360 g/mol. The molecule has 0 radical (unpaired) electrons. The number of carbonyl (C=O) groups is 1. The van der Waals surface area contributed by atoms with Gasteiger partial charge in [-0.3, -0.25) is 0 Å². The van der Waals surface area contributed by atoms with Crippen molar-refractivity contribution >= 4 is 24.5 Å². The first-order valence-electron chi connectivity index (χ1n) is 8.45. The fraction of sp³-hybridized carbons (Fsp3) is 0.286. The van der Waals surface area contributed by atoms with Crippen molar-refractivity contribution in [3.63, 3.8) is 0 Å². The van der Waals surface area contributed by atoms with E-state index >= 15 is 0 Å². The average Bonchev–Trinajstić information content (AvgIpc) is 2.65. The zero-order valence-electron chi connectivity index (χ0n) is 14.9. The second kappa shape index (κ2) is 11.5. The smallest absolute Gasteiger partial charge is 0.330 e. The fourth-order valence-electron chi connectivity index (χ4n) is 2.44. The van der Waals surface area contributed by atoms with E-state index in [9.17, 15) is 4.79 Å². The second-order valence-electron chi connectivity index (χ2n) is 5.52. The normalized spacial score (nSPS) is 10.7. The monoisotopic (exact) mass is 359 g/mol. The number of hydrogen-bond donors (Lipinski definition) is 0. The molecule has 0 heterocycles. The molecule has 0 amide bonds. The molecular formula is C21H26ClNO2. The molecule has 25 heavy (non-hydrogen) atoms. The standard InChI is InChI=1S/C21H25NO2.ClH/c1-3-22(4-2)16-17-24-21(23)15-12-18-10-13-20(14-11-18)19-8-6-5-7-9-19;/h5-15H,3-4,16-17H2,1-2H3;1H/b15-12-;. The Balaban J connectivity index is 0.00000312. The molecule has 0 saturated carbocycles. The summed E-state index contributed by atoms with van der Waals surface area (Å²) < 4.78 is 5.22. The lowest BCUT2D eigenvalue weighted by atomic mass is 10.0. The lowest BCUT2D eigenvalue weighted by Gasteiger charge is -2.16. The van der Waals surface area contributed by atoms with Crippen LogP contribution in [0.4, 0.5) is 0 Å². The van der Waals surface area contributed by atoms with E-state index in [0.29, 0.717) is 6.61 Å². The van der Waals surface area contributed by atoms with Crippen LogP contribution in [0, 0.1) is 0 Å². The Hall–Kier alpha value is -2.10. The lowest BCUT2D eigenvalue weighted by molar-refractivity contribution is -0.138. The Morgan fingerprint density at radius 1 is 0.960 bits per heavy atom. The highest BCUT2D eigenvalue weighted by Crippen LogP contribution is 2.19. The summed E-state index contributed by atoms with van der Waals surface area (Å²) in [4.78, 5) is 14.0. The minimum absolute atomic E-state index is 0. The highest BCUT2D eigenvalue weighted by molar-refractivity contribution is 5.87. The highest BCUT2D eigenvalue weighted by atomic mass is 35.5. The van der Waals surface area contributed by atoms with Crippen LogP contribution in [-0.4, -0.2) is 37.1 Å². The maximum atomic E-state index is 11.7. The minimum atomic E-state index is -0.297. The van der Waals surface area contributed by atoms with Gasteiger partial charge in [-0.1, -0.05) is 68.4 Å². The van der Waals surface area contributed by atoms with Crippen molar-refractivity contribution in [2.45, 2.75) is 13.8 Å². The zero-order valence-corrected chi connectivity index (χ0v) is 15.7. The van der Waals surface area contributed by atoms with Crippen molar-refractivity contribution in [3.05, 3.63) is 66.2 Å². The summed E-state index contributed by atoms with van der Waals surface area (Å²) in [5.74, 6) is -0.297. The molecule has 4 heteroatoms. The number of benzene rings is 2. The largest absolute Gasteiger partial charge is 0.461 e. The van der Waals surface area contributed by atoms with Gasteiger partial charge in [0.2, 0.25) is 0 Å². The molecule has 0 bridgehead atoms. The summed E-state index contributed by atoms with van der Waals surface area (Å²) in [7, 11) is 0. The highest BCUT2D eigenvalue weighted by Gasteiger charge is 2.01. The van der Waals surface area contributed by atoms with E-state index in [1.54, 1.807) is 6.08 Å². The number of halogens is 1. The van der Waals surface area contributed by atoms with E-state index in [1.165, 1.54) is 11.6 Å². The van der Waals surface area contributed by atoms with Crippen molar-refractivity contribution in [2.24, 2.45) is 0 Å². The van der Waals surface area contributed by atoms with Gasteiger partial charge in [0.25, 0.3) is 0 Å². The maximum Gasteiger partial charge on any atom is 0.330 e. The van der Waals surface area contributed by atoms with Crippen molar-refractivity contribution in [3.8, 4) is 11.1 Å². The van der Waals surface area contributed by atoms with Crippen LogP contribution in [0.3, 0.4) is 0 Å². The molecule has 0 spiro atoms. The summed E-state index contributed by atoms with van der Waals surface area (Å²) in [6, 6.07) is 18.3. The van der Waals surface area contributed by atoms with E-state index in [2.05, 4.69) is 43.0 Å². The van der Waals surface area contributed by atoms with Gasteiger partial charge in [0.05, 0.1) is 0 Å². The van der Waals surface area contributed by atoms with Crippen molar-refractivity contribution < 1.29 is 9.53 Å². The molecule has 134 valence electrons. The molecule has 2 rings (SSSR count). The van der Waals surface area contributed by atoms with Gasteiger partial charge in [0.15, 0.2) is 0 Å². The molecule has 2 aromatic carbocycles. The Bertz CT molecular complexity index is 649. The Kier molecular flexibility index (Phi) is 9.60. The Labute approximate surface area is 156 Å². The van der Waals surface area contributed by atoms with Gasteiger partial charge in [-0.2, -0.15) is 0 Å². The third-order valence-corrected chi connectivity index (χ3v) is 3.98. The first kappa shape index (κ1) is 20.9. The van der Waals surface area contributed by atoms with Crippen LogP contribution in [0.2, 0.25) is 0 Å². The topological polar surface area (TPSA) is 29.5 Å². The molecule has 0 aromatic heterocycles. The van der Waals surface area contributed by atoms with E-state index in [0.717, 1.165) is 30.8 Å². The quantitative estimate of drug-likeness (QED) is 0.506. The van der Waals surface area contributed by atoms with Crippen molar-refractivity contribution in [2.75, 3.05) is 26.2 Å². The number of nitrogens with zero attached hydrogens (tertiary/aromatic N) is 1. The summed E-state index contributed by atoms with van der Waals surface area (Å²) >= 11 is 0. The van der Waals surface area contributed by atoms with Crippen LogP contribution in [-0.2, 0) is 9.53 Å². The van der Waals surface area contributed by atoms with Crippen LogP contribution in [0.15, 0.2) is 60.7 Å². The summed E-state index contributed by atoms with van der Waals surface area (Å²) in [6.07, 6.45) is 3.27. The number of esters is 1. The van der Waals surface area contributed by atoms with E-state index in [1.807, 2.05) is 30.3 Å². The van der Waals surface area contributed by atoms with Gasteiger partial charge < -0.3 is 9.64 Å². The number of likely N-dealkylation sites (N-methyl/N-ethyl adjacent to an activating group) is 1. The molecule has 0 saturated heterocycles. The number of ether oxygens (including phenoxy) is 1. The lowest BCUT2D eigenvalue weighted by Crippen LogP contribution is -2.27. The van der Waals surface area contributed by atoms with Crippen LogP contribution in [0.1, 0.15) is 19.4 Å². The van der Waals surface area contributed by atoms with Crippen molar-refractivity contribution in [1.82, 2.24) is 4.90 Å². The third kappa shape index (κ3) is 7.12. The predicted molar refractivity (Wildman–Crippen MR) is 107 cm³/mol. The van der Waals surface area contributed by atoms with Crippen LogP contribution < -0.4 is 0 Å². The summed E-state index contributed by atoms with van der Waals surface area (Å²) in [5.41, 5.74) is 3.33. The van der Waals surface area contributed by atoms with Crippen LogP contribution >= 0.6 is 12.4 Å². The number of carbonyl (C=O) groups excluding carboxylic acids is 1. The molecule has 0 aliphatic carbocycles. The van der Waals surface area contributed by atoms with E-state index in [-0.39, 0.29) is 18.4 Å². The third-order valence-electron chi connectivity index (χ3n) is 3.98. The molecule has 2 aromatic rings. The minimum Gasteiger partial charge on any atom is -0.461 e. The SMILES string of the molecule is CCN(CC)CCOC(=O)/C=C\c1ccc(-c2ccccc2)cc1.Cl. The van der Waals surface area contributed by atoms with E-state index < -0.39 is 0 Å². The summed E-state index contributed by atoms with van der Waals surface area (Å²) in [5, 5.41) is 0. The van der Waals surface area contributed by atoms with E-state index in [4.69, 9.17) is 4.74 Å². The molecule has 0 unspecified atom stereocenters. The molecule has 0 aliphatic rings. The number of rotatable bonds is 8. The molecule has 0 N–H and O–H groups in total. The molecule has 0 atom stereocenters. The molecular weight excluding hydrogens is 334 g/mol. The van der Waals surface area contributed by atoms with Gasteiger partial charge in [0, 0.05) is 12.6 Å². The van der Waals surface area contributed by atoms with Crippen LogP contribution in [0.25, 0.3) is 17.2 Å². The first-order chi connectivity index (χ1) is 11.7. The molecule has 0 fully saturated rings. The summed E-state index contributed by atoms with van der Waals surface area (Å²) in [6.45, 7) is 7.35. The van der Waals surface area contributed by atoms with Gasteiger partial charge in [0.1, 0.15) is 6.61 Å². The Morgan fingerprint density at radius 2 is 1.56 bits per heavy atom. The van der Waals surface area contributed by atoms with Gasteiger partial charge in [-0.25, -0.2) is 4.79 Å². The number of hydrogen-bond acceptors (Lipinski definition) is 3. The maximum absolute atomic E-state index is 11.7. The van der Waals surface area contributed by atoms with Crippen molar-refractivity contribution in [1.29, 1.82) is 0 Å². The fourth-order valence-corrected chi connectivity index (χ4v) is 2.44. The molecule has 3 nitrogen and oxygen atoms in total. The predicted octanol–water partition coefficient (Wildman–Crippen LogP) is 4.67. The second-order valence-corrected chi connectivity index (χ2v) is 5.52. The molecule has 0 aliphatic heterocycles. The van der Waals surface area contributed by atoms with Gasteiger partial charge >= 0.3 is 5.97 Å². The zero-order chi connectivity index (χ0) is 17.2. The first-order valence-corrected chi connectivity index (χ1v) is 8.45. The Morgan fingerprint density at radius 3 is 2.16 bits per heavy atom. The van der Waals surface area contributed by atoms with Gasteiger partial charge in [-0.15, -0.1) is 12.4 Å². The van der Waals surface area contributed by atoms with Crippen LogP contribution in [0.5, 0.6) is 0 Å². The van der Waals surface area contributed by atoms with Gasteiger partial charge in [-0.05, 0) is 35.9 Å².